The van der Waals surface area contributed by atoms with Gasteiger partial charge in [-0.1, -0.05) is 0 Å². The summed E-state index contributed by atoms with van der Waals surface area (Å²) in [5, 5.41) is 0. The van der Waals surface area contributed by atoms with Gasteiger partial charge in [-0.15, -0.1) is 0 Å². The molecular formula is C4H9NdO. The molecule has 2 heteroatoms. The molecular weight excluding hydrogens is 208 g/mol. The minimum absolute atomic E-state index is 0.103. The van der Waals surface area contributed by atoms with Crippen molar-refractivity contribution in [2.24, 2.45) is 0 Å². The van der Waals surface area contributed by atoms with Gasteiger partial charge in [-0.05, 0) is 0 Å². The zero-order chi connectivity index (χ0) is 5.21. The third-order valence-electron chi connectivity index (χ3n) is 0.306. The molecule has 0 spiro atoms. The standard InChI is InChI=1S/C4H9O.Nd/c1-4(2,3)5;/h1-3H3;/q-1;+1. The first-order valence-electron chi connectivity index (χ1n) is 1.91. The van der Waals surface area contributed by atoms with Crippen LogP contribution < -0.4 is 0 Å². The molecule has 0 saturated carbocycles. The molecule has 0 saturated heterocycles. The molecule has 0 aromatic carbocycles. The summed E-state index contributed by atoms with van der Waals surface area (Å²) in [5.41, 5.74) is 0.103. The van der Waals surface area contributed by atoms with E-state index in [4.69, 9.17) is 1.06 Å². The van der Waals surface area contributed by atoms with Crippen molar-refractivity contribution in [3.8, 4) is 0 Å². The van der Waals surface area contributed by atoms with Crippen LogP contribution in [0, 0.1) is 39.4 Å². The van der Waals surface area contributed by atoms with Crippen molar-refractivity contribution >= 4 is 0 Å². The van der Waals surface area contributed by atoms with E-state index in [1.165, 1.54) is 0 Å². The van der Waals surface area contributed by atoms with Gasteiger partial charge in [-0.25, -0.2) is 0 Å². The summed E-state index contributed by atoms with van der Waals surface area (Å²) in [5.74, 6) is 0. The van der Waals surface area contributed by atoms with Gasteiger partial charge < -0.3 is 0 Å². The van der Waals surface area contributed by atoms with Crippen molar-refractivity contribution in [3.05, 3.63) is 0 Å². The summed E-state index contributed by atoms with van der Waals surface area (Å²) in [6, 6.07) is 0. The van der Waals surface area contributed by atoms with Gasteiger partial charge in [0.25, 0.3) is 0 Å². The summed E-state index contributed by atoms with van der Waals surface area (Å²) in [6.07, 6.45) is 0. The fourth-order valence-electron chi connectivity index (χ4n) is 0. The molecule has 0 atom stereocenters. The second kappa shape index (κ2) is 2.58. The molecule has 0 aliphatic carbocycles. The van der Waals surface area contributed by atoms with Crippen molar-refractivity contribution < 1.29 is 40.4 Å². The quantitative estimate of drug-likeness (QED) is 0.594. The van der Waals surface area contributed by atoms with Gasteiger partial charge in [0.1, 0.15) is 0 Å². The predicted octanol–water partition coefficient (Wildman–Crippen LogP) is 1.27. The number of hydrogen-bond donors (Lipinski definition) is 0. The van der Waals surface area contributed by atoms with Crippen molar-refractivity contribution in [1.82, 2.24) is 0 Å². The fourth-order valence-corrected chi connectivity index (χ4v) is 0. The second-order valence-corrected chi connectivity index (χ2v) is 2.87. The molecule has 0 fully saturated rings. The zero-order valence-electron chi connectivity index (χ0n) is 4.41. The molecule has 0 bridgehead atoms. The Morgan fingerprint density at radius 3 is 1.50 bits per heavy atom. The number of rotatable bonds is 0. The molecule has 0 heterocycles. The van der Waals surface area contributed by atoms with Crippen LogP contribution in [0.15, 0.2) is 0 Å². The molecule has 1 nitrogen and oxygen atoms in total. The maximum absolute atomic E-state index is 5.08. The van der Waals surface area contributed by atoms with Crippen molar-refractivity contribution in [1.29, 1.82) is 0 Å². The van der Waals surface area contributed by atoms with Gasteiger partial charge in [-0.3, -0.25) is 0 Å². The molecule has 0 aliphatic rings. The van der Waals surface area contributed by atoms with Crippen LogP contribution >= 0.6 is 0 Å². The monoisotopic (exact) mass is 215 g/mol. The Hall–Kier alpha value is 1.31. The van der Waals surface area contributed by atoms with Crippen molar-refractivity contribution in [2.75, 3.05) is 0 Å². The molecule has 0 aromatic rings. The van der Waals surface area contributed by atoms with E-state index < -0.39 is 0 Å². The Bertz CT molecular complexity index is 37.3. The average Bonchev–Trinajstić information content (AvgIpc) is 1.35. The van der Waals surface area contributed by atoms with Crippen molar-refractivity contribution in [3.63, 3.8) is 0 Å². The molecule has 35 valence electrons. The summed E-state index contributed by atoms with van der Waals surface area (Å²) in [7, 11) is 0. The van der Waals surface area contributed by atoms with E-state index in [2.05, 4.69) is 20.8 Å². The predicted molar refractivity (Wildman–Crippen MR) is 20.8 cm³/mol. The summed E-state index contributed by atoms with van der Waals surface area (Å²) < 4.78 is 5.08. The molecule has 0 amide bonds. The Morgan fingerprint density at radius 2 is 1.50 bits per heavy atom. The second-order valence-electron chi connectivity index (χ2n) is 2.21. The molecule has 0 aromatic heterocycles. The summed E-state index contributed by atoms with van der Waals surface area (Å²) in [6.45, 7) is 6.17. The maximum atomic E-state index is 5.08. The summed E-state index contributed by atoms with van der Waals surface area (Å²) in [4.78, 5) is 0. The SMILES string of the molecule is CC(C)(C)[O][Nd]. The van der Waals surface area contributed by atoms with E-state index in [1.807, 2.05) is 0 Å². The van der Waals surface area contributed by atoms with E-state index in [-0.39, 0.29) is 5.60 Å². The number of hydrogen-bond acceptors (Lipinski definition) is 1. The minimum atomic E-state index is 0.103. The van der Waals surface area contributed by atoms with Crippen LogP contribution in [0.5, 0.6) is 0 Å². The Kier molecular flexibility index (Phi) is 3.14. The molecule has 0 N–H and O–H groups in total. The molecule has 0 rings (SSSR count). The van der Waals surface area contributed by atoms with E-state index in [9.17, 15) is 0 Å². The first-order valence-corrected chi connectivity index (χ1v) is 3.22. The topological polar surface area (TPSA) is 9.23 Å². The van der Waals surface area contributed by atoms with E-state index >= 15 is 0 Å². The third kappa shape index (κ3) is 5.31. The van der Waals surface area contributed by atoms with Gasteiger partial charge in [-0.2, -0.15) is 0 Å². The van der Waals surface area contributed by atoms with Crippen LogP contribution in [0.4, 0.5) is 0 Å². The Labute approximate surface area is 66.1 Å². The Balaban J connectivity index is 3.17. The van der Waals surface area contributed by atoms with Crippen LogP contribution in [0.3, 0.4) is 0 Å². The van der Waals surface area contributed by atoms with Crippen molar-refractivity contribution in [2.45, 2.75) is 26.4 Å². The van der Waals surface area contributed by atoms with Crippen LogP contribution in [0.2, 0.25) is 0 Å². The molecule has 0 radical (unpaired) electrons. The molecule has 0 unspecified atom stereocenters. The first kappa shape index (κ1) is 7.31. The van der Waals surface area contributed by atoms with Gasteiger partial charge in [0.05, 0.1) is 0 Å². The zero-order valence-corrected chi connectivity index (χ0v) is 7.62. The van der Waals surface area contributed by atoms with Gasteiger partial charge >= 0.3 is 66.8 Å². The van der Waals surface area contributed by atoms with Gasteiger partial charge in [0.2, 0.25) is 0 Å². The first-order chi connectivity index (χ1) is 2.56. The Morgan fingerprint density at radius 1 is 1.33 bits per heavy atom. The van der Waals surface area contributed by atoms with E-state index in [0.29, 0.717) is 0 Å². The fraction of sp³-hybridized carbons (Fsp3) is 1.00. The normalized spacial score (nSPS) is 11.7. The van der Waals surface area contributed by atoms with Crippen LogP contribution in [0.1, 0.15) is 20.8 Å². The molecule has 0 aliphatic heterocycles. The summed E-state index contributed by atoms with van der Waals surface area (Å²) >= 11 is 0.848. The van der Waals surface area contributed by atoms with Crippen LogP contribution in [0.25, 0.3) is 0 Å². The van der Waals surface area contributed by atoms with Gasteiger partial charge in [0, 0.05) is 0 Å². The third-order valence-corrected chi connectivity index (χ3v) is 2.27. The van der Waals surface area contributed by atoms with Crippen LogP contribution in [-0.2, 0) is 1.06 Å². The van der Waals surface area contributed by atoms with Crippen LogP contribution in [-0.4, -0.2) is 5.60 Å². The average molecular weight is 217 g/mol. The van der Waals surface area contributed by atoms with Gasteiger partial charge in [0.15, 0.2) is 0 Å². The molecule has 6 heavy (non-hydrogen) atoms. The van der Waals surface area contributed by atoms with E-state index in [0.717, 1.165) is 39.4 Å². The van der Waals surface area contributed by atoms with E-state index in [1.54, 1.807) is 0 Å².